The van der Waals surface area contributed by atoms with Gasteiger partial charge >= 0.3 is 12.0 Å². The van der Waals surface area contributed by atoms with Gasteiger partial charge in [-0.3, -0.25) is 0 Å². The topological polar surface area (TPSA) is 78.9 Å². The van der Waals surface area contributed by atoms with Gasteiger partial charge in [-0.2, -0.15) is 0 Å². The van der Waals surface area contributed by atoms with Crippen molar-refractivity contribution in [3.05, 3.63) is 0 Å². The number of carboxylic acid groups (broad SMARTS) is 1. The van der Waals surface area contributed by atoms with Crippen molar-refractivity contribution in [1.29, 1.82) is 0 Å². The quantitative estimate of drug-likeness (QED) is 0.653. The molecule has 0 saturated heterocycles. The van der Waals surface area contributed by atoms with E-state index in [1.807, 2.05) is 6.92 Å². The van der Waals surface area contributed by atoms with Crippen molar-refractivity contribution in [1.82, 2.24) is 10.2 Å². The maximum atomic E-state index is 12.0. The molecule has 1 saturated carbocycles. The second kappa shape index (κ2) is 7.33. The van der Waals surface area contributed by atoms with Gasteiger partial charge in [-0.05, 0) is 38.5 Å². The van der Waals surface area contributed by atoms with E-state index >= 15 is 0 Å². The fraction of sp³-hybridized carbons (Fsp3) is 0.846. The maximum absolute atomic E-state index is 12.0. The molecule has 0 heterocycles. The van der Waals surface area contributed by atoms with Gasteiger partial charge < -0.3 is 20.1 Å². The molecule has 1 aliphatic carbocycles. The van der Waals surface area contributed by atoms with Gasteiger partial charge in [-0.15, -0.1) is 0 Å². The van der Waals surface area contributed by atoms with Crippen molar-refractivity contribution < 1.29 is 19.4 Å². The van der Waals surface area contributed by atoms with Crippen LogP contribution >= 0.6 is 0 Å². The summed E-state index contributed by atoms with van der Waals surface area (Å²) in [4.78, 5) is 24.7. The molecule has 2 N–H and O–H groups in total. The van der Waals surface area contributed by atoms with Gasteiger partial charge in [0.25, 0.3) is 0 Å². The highest BCUT2D eigenvalue weighted by molar-refractivity contribution is 5.82. The number of nitrogens with one attached hydrogen (secondary N) is 1. The first kappa shape index (κ1) is 15.8. The van der Waals surface area contributed by atoms with Crippen LogP contribution in [0.2, 0.25) is 0 Å². The molecule has 0 aromatic heterocycles. The van der Waals surface area contributed by atoms with Crippen LogP contribution in [0, 0.1) is 5.92 Å². The van der Waals surface area contributed by atoms with Crippen LogP contribution in [0.3, 0.4) is 0 Å². The third-order valence-corrected chi connectivity index (χ3v) is 3.67. The number of carboxylic acids is 1. The molecule has 1 aliphatic rings. The van der Waals surface area contributed by atoms with Crippen LogP contribution in [0.4, 0.5) is 4.79 Å². The van der Waals surface area contributed by atoms with E-state index < -0.39 is 12.0 Å². The van der Waals surface area contributed by atoms with Crippen LogP contribution in [-0.2, 0) is 9.53 Å². The van der Waals surface area contributed by atoms with Gasteiger partial charge in [-0.1, -0.05) is 0 Å². The molecule has 0 aromatic carbocycles. The van der Waals surface area contributed by atoms with Crippen LogP contribution in [0.5, 0.6) is 0 Å². The Morgan fingerprint density at radius 1 is 1.47 bits per heavy atom. The van der Waals surface area contributed by atoms with Crippen molar-refractivity contribution in [3.63, 3.8) is 0 Å². The minimum Gasteiger partial charge on any atom is -0.480 e. The lowest BCUT2D eigenvalue weighted by atomic mass is 10.1. The van der Waals surface area contributed by atoms with Gasteiger partial charge in [-0.25, -0.2) is 9.59 Å². The molecule has 2 amide bonds. The summed E-state index contributed by atoms with van der Waals surface area (Å²) in [6, 6.07) is -1.01. The number of carbonyl (C=O) groups is 2. The first-order chi connectivity index (χ1) is 8.97. The summed E-state index contributed by atoms with van der Waals surface area (Å²) < 4.78 is 4.89. The van der Waals surface area contributed by atoms with Crippen LogP contribution in [0.25, 0.3) is 0 Å². The van der Waals surface area contributed by atoms with E-state index in [0.29, 0.717) is 25.4 Å². The molecule has 0 spiro atoms. The number of hydrogen-bond acceptors (Lipinski definition) is 3. The average Bonchev–Trinajstić information content (AvgIpc) is 3.19. The standard InChI is InChI=1S/C13H24N2O4/c1-9(10-6-7-10)15(2)13(18)14-11(12(16)17)5-4-8-19-3/h9-11H,4-8H2,1-3H3,(H,14,18)(H,16,17). The lowest BCUT2D eigenvalue weighted by molar-refractivity contribution is -0.139. The van der Waals surface area contributed by atoms with E-state index in [1.165, 1.54) is 0 Å². The summed E-state index contributed by atoms with van der Waals surface area (Å²) in [6.07, 6.45) is 3.28. The molecule has 0 radical (unpaired) electrons. The van der Waals surface area contributed by atoms with Gasteiger partial charge in [0.15, 0.2) is 0 Å². The molecule has 6 nitrogen and oxygen atoms in total. The summed E-state index contributed by atoms with van der Waals surface area (Å²) in [7, 11) is 3.28. The summed E-state index contributed by atoms with van der Waals surface area (Å²) in [6.45, 7) is 2.49. The summed E-state index contributed by atoms with van der Waals surface area (Å²) in [5, 5.41) is 11.7. The zero-order valence-electron chi connectivity index (χ0n) is 11.9. The zero-order chi connectivity index (χ0) is 14.4. The van der Waals surface area contributed by atoms with Crippen molar-refractivity contribution in [2.24, 2.45) is 5.92 Å². The van der Waals surface area contributed by atoms with E-state index in [1.54, 1.807) is 19.1 Å². The maximum Gasteiger partial charge on any atom is 0.326 e. The number of aliphatic carboxylic acids is 1. The first-order valence-corrected chi connectivity index (χ1v) is 6.72. The number of rotatable bonds is 8. The molecule has 0 aliphatic heterocycles. The van der Waals surface area contributed by atoms with Crippen molar-refractivity contribution in [2.75, 3.05) is 20.8 Å². The number of hydrogen-bond donors (Lipinski definition) is 2. The third-order valence-electron chi connectivity index (χ3n) is 3.67. The molecule has 110 valence electrons. The highest BCUT2D eigenvalue weighted by atomic mass is 16.5. The number of urea groups is 1. The second-order valence-corrected chi connectivity index (χ2v) is 5.16. The van der Waals surface area contributed by atoms with E-state index in [-0.39, 0.29) is 12.1 Å². The Balaban J connectivity index is 2.43. The Bertz CT molecular complexity index is 318. The number of ether oxygens (including phenoxy) is 1. The van der Waals surface area contributed by atoms with Crippen molar-refractivity contribution in [2.45, 2.75) is 44.7 Å². The average molecular weight is 272 g/mol. The van der Waals surface area contributed by atoms with E-state index in [9.17, 15) is 9.59 Å². The molecule has 1 fully saturated rings. The van der Waals surface area contributed by atoms with Gasteiger partial charge in [0.2, 0.25) is 0 Å². The summed E-state index contributed by atoms with van der Waals surface area (Å²) in [5.74, 6) is -0.440. The van der Waals surface area contributed by atoms with E-state index in [4.69, 9.17) is 9.84 Å². The Morgan fingerprint density at radius 2 is 2.11 bits per heavy atom. The highest BCUT2D eigenvalue weighted by Gasteiger charge is 2.33. The van der Waals surface area contributed by atoms with Gasteiger partial charge in [0.05, 0.1) is 0 Å². The smallest absolute Gasteiger partial charge is 0.326 e. The Morgan fingerprint density at radius 3 is 2.58 bits per heavy atom. The molecule has 6 heteroatoms. The van der Waals surface area contributed by atoms with Crippen LogP contribution in [0.1, 0.15) is 32.6 Å². The first-order valence-electron chi connectivity index (χ1n) is 6.72. The Labute approximate surface area is 114 Å². The largest absolute Gasteiger partial charge is 0.480 e. The van der Waals surface area contributed by atoms with Crippen LogP contribution in [-0.4, -0.2) is 54.9 Å². The minimum atomic E-state index is -1.00. The fourth-order valence-corrected chi connectivity index (χ4v) is 2.02. The monoisotopic (exact) mass is 272 g/mol. The Kier molecular flexibility index (Phi) is 6.08. The second-order valence-electron chi connectivity index (χ2n) is 5.16. The molecular formula is C13H24N2O4. The van der Waals surface area contributed by atoms with Crippen molar-refractivity contribution >= 4 is 12.0 Å². The predicted octanol–water partition coefficient (Wildman–Crippen LogP) is 1.31. The SMILES string of the molecule is COCCCC(NC(=O)N(C)C(C)C1CC1)C(=O)O. The highest BCUT2D eigenvalue weighted by Crippen LogP contribution is 2.34. The molecule has 1 rings (SSSR count). The normalized spacial score (nSPS) is 17.6. The molecule has 0 aromatic rings. The van der Waals surface area contributed by atoms with E-state index in [0.717, 1.165) is 12.8 Å². The predicted molar refractivity (Wildman–Crippen MR) is 71.0 cm³/mol. The molecule has 19 heavy (non-hydrogen) atoms. The fourth-order valence-electron chi connectivity index (χ4n) is 2.02. The van der Waals surface area contributed by atoms with Crippen LogP contribution in [0.15, 0.2) is 0 Å². The van der Waals surface area contributed by atoms with Gasteiger partial charge in [0, 0.05) is 26.8 Å². The lowest BCUT2D eigenvalue weighted by Gasteiger charge is -2.27. The van der Waals surface area contributed by atoms with Gasteiger partial charge in [0.1, 0.15) is 6.04 Å². The number of nitrogens with zero attached hydrogens (tertiary/aromatic N) is 1. The number of amides is 2. The molecule has 2 unspecified atom stereocenters. The Hall–Kier alpha value is -1.30. The minimum absolute atomic E-state index is 0.161. The number of carbonyl (C=O) groups excluding carboxylic acids is 1. The third kappa shape index (κ3) is 5.06. The molecule has 0 bridgehead atoms. The molecule has 2 atom stereocenters. The summed E-state index contributed by atoms with van der Waals surface area (Å²) >= 11 is 0. The van der Waals surface area contributed by atoms with E-state index in [2.05, 4.69) is 5.32 Å². The molecular weight excluding hydrogens is 248 g/mol. The summed E-state index contributed by atoms with van der Waals surface area (Å²) in [5.41, 5.74) is 0. The zero-order valence-corrected chi connectivity index (χ0v) is 11.9. The van der Waals surface area contributed by atoms with Crippen molar-refractivity contribution in [3.8, 4) is 0 Å². The van der Waals surface area contributed by atoms with Crippen LogP contribution < -0.4 is 5.32 Å². The number of methoxy groups -OCH3 is 1. The lowest BCUT2D eigenvalue weighted by Crippen LogP contribution is -2.49.